The van der Waals surface area contributed by atoms with Crippen LogP contribution in [0, 0.1) is 0 Å². The van der Waals surface area contributed by atoms with Gasteiger partial charge >= 0.3 is 6.03 Å². The number of carbonyl (C=O) groups is 1. The van der Waals surface area contributed by atoms with E-state index < -0.39 is 0 Å². The number of rotatable bonds is 3. The van der Waals surface area contributed by atoms with E-state index in [-0.39, 0.29) is 17.1 Å². The van der Waals surface area contributed by atoms with Gasteiger partial charge in [-0.3, -0.25) is 14.8 Å². The Balaban J connectivity index is 1.37. The summed E-state index contributed by atoms with van der Waals surface area (Å²) in [5.74, 6) is 0. The molecule has 1 saturated carbocycles. The fraction of sp³-hybridized carbons (Fsp3) is 0.400. The Morgan fingerprint density at radius 1 is 1.03 bits per heavy atom. The molecular weight excluding hydrogens is 386 g/mol. The van der Waals surface area contributed by atoms with Gasteiger partial charge in [-0.15, -0.1) is 0 Å². The van der Waals surface area contributed by atoms with Crippen molar-refractivity contribution < 1.29 is 4.79 Å². The number of carbonyl (C=O) groups excluding carboxylic acids is 1. The van der Waals surface area contributed by atoms with Crippen molar-refractivity contribution in [2.24, 2.45) is 9.98 Å². The molecule has 0 bridgehead atoms. The predicted octanol–water partition coefficient (Wildman–Crippen LogP) is 3.95. The van der Waals surface area contributed by atoms with E-state index in [1.54, 1.807) is 6.34 Å². The molecule has 1 saturated heterocycles. The third kappa shape index (κ3) is 3.45. The Kier molecular flexibility index (Phi) is 4.89. The Bertz CT molecular complexity index is 1040. The quantitative estimate of drug-likeness (QED) is 0.825. The normalized spacial score (nSPS) is 27.5. The summed E-state index contributed by atoms with van der Waals surface area (Å²) >= 11 is 0. The summed E-state index contributed by atoms with van der Waals surface area (Å²) < 4.78 is 0. The molecule has 0 unspecified atom stereocenters. The first kappa shape index (κ1) is 19.9. The number of hydrogen-bond donors (Lipinski definition) is 1. The van der Waals surface area contributed by atoms with Crippen LogP contribution in [0.15, 0.2) is 58.5 Å². The van der Waals surface area contributed by atoms with Crippen LogP contribution in [0.1, 0.15) is 42.4 Å². The standard InChI is InChI=1S/C25H29N5O/c1-29(2)25(21-6-4-3-5-7-21)12-10-24(11-13-25)17-30(23(31)28-24)22-9-8-19-15-26-18-27-16-20(19)14-22/h3-9,14,16,18H,10-13,15,17H2,1-2H3,(H,28,31)/t24-,25+. The van der Waals surface area contributed by atoms with Crippen molar-refractivity contribution in [2.45, 2.75) is 43.3 Å². The van der Waals surface area contributed by atoms with Gasteiger partial charge in [-0.05, 0) is 68.6 Å². The molecule has 2 aliphatic heterocycles. The van der Waals surface area contributed by atoms with Crippen molar-refractivity contribution in [3.05, 3.63) is 65.2 Å². The van der Waals surface area contributed by atoms with Gasteiger partial charge in [0.05, 0.1) is 18.6 Å². The van der Waals surface area contributed by atoms with E-state index in [1.165, 1.54) is 5.56 Å². The van der Waals surface area contributed by atoms with Crippen molar-refractivity contribution in [2.75, 3.05) is 25.5 Å². The molecule has 1 N–H and O–H groups in total. The smallest absolute Gasteiger partial charge is 0.322 e. The van der Waals surface area contributed by atoms with Crippen LogP contribution >= 0.6 is 0 Å². The molecule has 2 heterocycles. The summed E-state index contributed by atoms with van der Waals surface area (Å²) in [6.07, 6.45) is 7.37. The zero-order valence-electron chi connectivity index (χ0n) is 18.2. The maximum atomic E-state index is 13.0. The van der Waals surface area contributed by atoms with Gasteiger partial charge in [-0.1, -0.05) is 36.4 Å². The Hall–Kier alpha value is -2.99. The topological polar surface area (TPSA) is 60.3 Å². The summed E-state index contributed by atoms with van der Waals surface area (Å²) in [6, 6.07) is 16.9. The number of anilines is 1. The van der Waals surface area contributed by atoms with Crippen LogP contribution in [0.2, 0.25) is 0 Å². The number of aliphatic imine (C=N–C) groups is 2. The van der Waals surface area contributed by atoms with Crippen LogP contribution in [-0.2, 0) is 12.1 Å². The molecule has 31 heavy (non-hydrogen) atoms. The highest BCUT2D eigenvalue weighted by Gasteiger charge is 2.50. The average molecular weight is 416 g/mol. The summed E-state index contributed by atoms with van der Waals surface area (Å²) in [5, 5.41) is 3.35. The number of urea groups is 1. The summed E-state index contributed by atoms with van der Waals surface area (Å²) in [4.78, 5) is 25.7. The van der Waals surface area contributed by atoms with Crippen LogP contribution in [-0.4, -0.2) is 49.7 Å². The SMILES string of the molecule is CN(C)[C@]1(c2ccccc2)CC[C@]2(CC1)CN(c1ccc3c(c1)C=NC=NC3)C(=O)N2. The molecule has 3 aliphatic rings. The minimum absolute atomic E-state index is 0.00109. The minimum atomic E-state index is -0.171. The third-order valence-electron chi connectivity index (χ3n) is 7.34. The fourth-order valence-corrected chi connectivity index (χ4v) is 5.40. The second-order valence-electron chi connectivity index (χ2n) is 9.21. The highest BCUT2D eigenvalue weighted by atomic mass is 16.2. The fourth-order valence-electron chi connectivity index (χ4n) is 5.40. The molecule has 5 rings (SSSR count). The second-order valence-corrected chi connectivity index (χ2v) is 9.21. The van der Waals surface area contributed by atoms with Crippen LogP contribution < -0.4 is 10.2 Å². The van der Waals surface area contributed by atoms with E-state index in [0.717, 1.165) is 42.5 Å². The molecule has 160 valence electrons. The van der Waals surface area contributed by atoms with Crippen LogP contribution in [0.4, 0.5) is 10.5 Å². The molecule has 2 aromatic rings. The third-order valence-corrected chi connectivity index (χ3v) is 7.34. The van der Waals surface area contributed by atoms with E-state index in [1.807, 2.05) is 17.2 Å². The molecule has 0 radical (unpaired) electrons. The van der Waals surface area contributed by atoms with Gasteiger partial charge in [-0.25, -0.2) is 9.79 Å². The summed E-state index contributed by atoms with van der Waals surface area (Å²) in [6.45, 7) is 1.33. The van der Waals surface area contributed by atoms with Gasteiger partial charge in [0.15, 0.2) is 0 Å². The van der Waals surface area contributed by atoms with Crippen molar-refractivity contribution in [1.29, 1.82) is 0 Å². The zero-order chi connectivity index (χ0) is 21.5. The van der Waals surface area contributed by atoms with Gasteiger partial charge < -0.3 is 5.32 Å². The molecular formula is C25H29N5O. The van der Waals surface area contributed by atoms with Crippen LogP contribution in [0.5, 0.6) is 0 Å². The summed E-state index contributed by atoms with van der Waals surface area (Å²) in [7, 11) is 4.34. The van der Waals surface area contributed by atoms with Crippen LogP contribution in [0.25, 0.3) is 0 Å². The number of nitrogens with zero attached hydrogens (tertiary/aromatic N) is 4. The van der Waals surface area contributed by atoms with Gasteiger partial charge in [0, 0.05) is 17.4 Å². The Morgan fingerprint density at radius 2 is 1.81 bits per heavy atom. The van der Waals surface area contributed by atoms with E-state index in [9.17, 15) is 4.79 Å². The molecule has 6 heteroatoms. The second kappa shape index (κ2) is 7.61. The lowest BCUT2D eigenvalue weighted by molar-refractivity contribution is 0.0658. The van der Waals surface area contributed by atoms with Crippen LogP contribution in [0.3, 0.4) is 0 Å². The van der Waals surface area contributed by atoms with Crippen molar-refractivity contribution in [3.8, 4) is 0 Å². The van der Waals surface area contributed by atoms with Crippen molar-refractivity contribution in [1.82, 2.24) is 10.2 Å². The first-order valence-corrected chi connectivity index (χ1v) is 11.0. The number of amides is 2. The van der Waals surface area contributed by atoms with Crippen molar-refractivity contribution >= 4 is 24.3 Å². The zero-order valence-corrected chi connectivity index (χ0v) is 18.2. The monoisotopic (exact) mass is 415 g/mol. The number of fused-ring (bicyclic) bond motifs is 1. The van der Waals surface area contributed by atoms with Gasteiger partial charge in [0.2, 0.25) is 0 Å². The number of hydrogen-bond acceptors (Lipinski definition) is 4. The van der Waals surface area contributed by atoms with Gasteiger partial charge in [0.25, 0.3) is 0 Å². The van der Waals surface area contributed by atoms with E-state index in [4.69, 9.17) is 0 Å². The number of nitrogens with one attached hydrogen (secondary N) is 1. The molecule has 0 aromatic heterocycles. The Labute approximate surface area is 183 Å². The van der Waals surface area contributed by atoms with E-state index in [0.29, 0.717) is 13.1 Å². The molecule has 6 nitrogen and oxygen atoms in total. The molecule has 1 spiro atoms. The molecule has 0 atom stereocenters. The summed E-state index contributed by atoms with van der Waals surface area (Å²) in [5.41, 5.74) is 4.30. The molecule has 2 aromatic carbocycles. The van der Waals surface area contributed by atoms with Gasteiger partial charge in [0.1, 0.15) is 6.34 Å². The highest BCUT2D eigenvalue weighted by Crippen LogP contribution is 2.46. The average Bonchev–Trinajstić information content (AvgIpc) is 2.95. The predicted molar refractivity (Wildman–Crippen MR) is 125 cm³/mol. The number of benzene rings is 2. The lowest BCUT2D eigenvalue weighted by atomic mass is 9.69. The van der Waals surface area contributed by atoms with E-state index in [2.05, 4.69) is 76.8 Å². The Morgan fingerprint density at radius 3 is 2.55 bits per heavy atom. The lowest BCUT2D eigenvalue weighted by Gasteiger charge is -2.48. The molecule has 2 fully saturated rings. The van der Waals surface area contributed by atoms with Gasteiger partial charge in [-0.2, -0.15) is 0 Å². The van der Waals surface area contributed by atoms with E-state index >= 15 is 0 Å². The maximum Gasteiger partial charge on any atom is 0.322 e. The lowest BCUT2D eigenvalue weighted by Crippen LogP contribution is -2.54. The first-order chi connectivity index (χ1) is 15.0. The minimum Gasteiger partial charge on any atom is -0.330 e. The molecule has 1 aliphatic carbocycles. The first-order valence-electron chi connectivity index (χ1n) is 11.0. The molecule has 2 amide bonds. The van der Waals surface area contributed by atoms with Crippen molar-refractivity contribution in [3.63, 3.8) is 0 Å². The maximum absolute atomic E-state index is 13.0. The largest absolute Gasteiger partial charge is 0.330 e. The highest BCUT2D eigenvalue weighted by molar-refractivity contribution is 5.97.